The monoisotopic (exact) mass is 328 g/mol. The minimum Gasteiger partial charge on any atom is -0.508 e. The molecule has 0 radical (unpaired) electrons. The smallest absolute Gasteiger partial charge is 0.115 e. The van der Waals surface area contributed by atoms with E-state index >= 15 is 0 Å². The third kappa shape index (κ3) is 4.63. The van der Waals surface area contributed by atoms with Crippen molar-refractivity contribution in [3.8, 4) is 5.75 Å². The van der Waals surface area contributed by atoms with Crippen molar-refractivity contribution in [3.63, 3.8) is 0 Å². The average Bonchev–Trinajstić information content (AvgIpc) is 2.55. The molecule has 1 aromatic rings. The SMILES string of the molecule is OCC1OC(CC(O)CCc2ccc(O)cc2)[C@H](O)[C@@H](O)[C@@H]1O. The highest BCUT2D eigenvalue weighted by Gasteiger charge is 2.43. The molecule has 1 saturated heterocycles. The van der Waals surface area contributed by atoms with Gasteiger partial charge in [0.15, 0.2) is 0 Å². The van der Waals surface area contributed by atoms with Gasteiger partial charge in [0.1, 0.15) is 30.2 Å². The van der Waals surface area contributed by atoms with Gasteiger partial charge in [0.05, 0.1) is 18.8 Å². The Balaban J connectivity index is 1.86. The Morgan fingerprint density at radius 2 is 1.57 bits per heavy atom. The molecule has 0 aromatic heterocycles. The van der Waals surface area contributed by atoms with E-state index in [0.29, 0.717) is 12.8 Å². The number of aryl methyl sites for hydroxylation is 1. The molecule has 0 spiro atoms. The van der Waals surface area contributed by atoms with E-state index in [-0.39, 0.29) is 12.2 Å². The standard InChI is InChI=1S/C16H24O7/c17-8-13-15(21)16(22)14(20)12(23-13)7-11(19)6-3-9-1-4-10(18)5-2-9/h1-2,4-5,11-22H,3,6-8H2/t11?,12?,13?,14-,15+,16+/m0/s1. The maximum absolute atomic E-state index is 10.1. The molecule has 0 aliphatic carbocycles. The molecular weight excluding hydrogens is 304 g/mol. The lowest BCUT2D eigenvalue weighted by atomic mass is 9.91. The topological polar surface area (TPSA) is 131 Å². The number of phenols is 1. The third-order valence-corrected chi connectivity index (χ3v) is 4.20. The fourth-order valence-corrected chi connectivity index (χ4v) is 2.76. The maximum atomic E-state index is 10.1. The van der Waals surface area contributed by atoms with Crippen LogP contribution in [0, 0.1) is 0 Å². The second-order valence-corrected chi connectivity index (χ2v) is 5.96. The molecule has 1 aromatic carbocycles. The van der Waals surface area contributed by atoms with Gasteiger partial charge < -0.3 is 35.4 Å². The lowest BCUT2D eigenvalue weighted by Crippen LogP contribution is -2.59. The molecule has 1 aliphatic rings. The van der Waals surface area contributed by atoms with E-state index < -0.39 is 43.2 Å². The highest BCUT2D eigenvalue weighted by molar-refractivity contribution is 5.25. The molecule has 23 heavy (non-hydrogen) atoms. The minimum atomic E-state index is -1.42. The van der Waals surface area contributed by atoms with Crippen molar-refractivity contribution in [2.75, 3.05) is 6.61 Å². The lowest BCUT2D eigenvalue weighted by Gasteiger charge is -2.40. The number of aliphatic hydroxyl groups excluding tert-OH is 5. The van der Waals surface area contributed by atoms with Gasteiger partial charge in [0, 0.05) is 6.42 Å². The molecule has 1 heterocycles. The highest BCUT2D eigenvalue weighted by atomic mass is 16.5. The summed E-state index contributed by atoms with van der Waals surface area (Å²) in [5.41, 5.74) is 0.954. The molecule has 3 unspecified atom stereocenters. The number of hydrogen-bond donors (Lipinski definition) is 6. The van der Waals surface area contributed by atoms with Crippen molar-refractivity contribution in [2.24, 2.45) is 0 Å². The number of benzene rings is 1. The Labute approximate surface area is 134 Å². The van der Waals surface area contributed by atoms with Crippen LogP contribution in [0.5, 0.6) is 5.75 Å². The van der Waals surface area contributed by atoms with Crippen molar-refractivity contribution < 1.29 is 35.4 Å². The van der Waals surface area contributed by atoms with Crippen LogP contribution in [-0.2, 0) is 11.2 Å². The summed E-state index contributed by atoms with van der Waals surface area (Å²) in [6.45, 7) is -0.481. The quantitative estimate of drug-likeness (QED) is 0.391. The zero-order valence-corrected chi connectivity index (χ0v) is 12.7. The third-order valence-electron chi connectivity index (χ3n) is 4.20. The lowest BCUT2D eigenvalue weighted by molar-refractivity contribution is -0.234. The number of aromatic hydroxyl groups is 1. The van der Waals surface area contributed by atoms with Gasteiger partial charge in [-0.25, -0.2) is 0 Å². The Bertz CT molecular complexity index is 476. The van der Waals surface area contributed by atoms with Crippen LogP contribution in [0.25, 0.3) is 0 Å². The van der Waals surface area contributed by atoms with Crippen LogP contribution in [0.3, 0.4) is 0 Å². The summed E-state index contributed by atoms with van der Waals surface area (Å²) >= 11 is 0. The first-order chi connectivity index (χ1) is 10.9. The van der Waals surface area contributed by atoms with Gasteiger partial charge >= 0.3 is 0 Å². The molecule has 1 aliphatic heterocycles. The second-order valence-electron chi connectivity index (χ2n) is 5.96. The van der Waals surface area contributed by atoms with E-state index in [2.05, 4.69) is 0 Å². The number of phenolic OH excluding ortho intramolecular Hbond substituents is 1. The summed E-state index contributed by atoms with van der Waals surface area (Å²) in [5, 5.41) is 57.8. The summed E-state index contributed by atoms with van der Waals surface area (Å²) in [6, 6.07) is 6.66. The van der Waals surface area contributed by atoms with Gasteiger partial charge in [0.2, 0.25) is 0 Å². The van der Waals surface area contributed by atoms with Crippen LogP contribution in [0.15, 0.2) is 24.3 Å². The number of hydrogen-bond acceptors (Lipinski definition) is 7. The number of rotatable bonds is 6. The molecule has 130 valence electrons. The van der Waals surface area contributed by atoms with E-state index in [1.165, 1.54) is 0 Å². The van der Waals surface area contributed by atoms with E-state index in [4.69, 9.17) is 9.84 Å². The van der Waals surface area contributed by atoms with Crippen LogP contribution < -0.4 is 0 Å². The van der Waals surface area contributed by atoms with Gasteiger partial charge in [-0.1, -0.05) is 12.1 Å². The van der Waals surface area contributed by atoms with Crippen LogP contribution in [0.2, 0.25) is 0 Å². The maximum Gasteiger partial charge on any atom is 0.115 e. The molecule has 0 bridgehead atoms. The van der Waals surface area contributed by atoms with E-state index in [9.17, 15) is 25.5 Å². The molecular formula is C16H24O7. The molecule has 0 amide bonds. The van der Waals surface area contributed by atoms with Gasteiger partial charge in [-0.2, -0.15) is 0 Å². The Morgan fingerprint density at radius 1 is 0.957 bits per heavy atom. The largest absolute Gasteiger partial charge is 0.508 e. The Morgan fingerprint density at radius 3 is 2.17 bits per heavy atom. The minimum absolute atomic E-state index is 0.0829. The molecule has 0 saturated carbocycles. The van der Waals surface area contributed by atoms with Crippen LogP contribution in [0.1, 0.15) is 18.4 Å². The number of ether oxygens (including phenoxy) is 1. The van der Waals surface area contributed by atoms with E-state index in [1.807, 2.05) is 0 Å². The van der Waals surface area contributed by atoms with Gasteiger partial charge in [-0.15, -0.1) is 0 Å². The summed E-state index contributed by atoms with van der Waals surface area (Å²) in [5.74, 6) is 0.176. The first-order valence-electron chi connectivity index (χ1n) is 7.69. The highest BCUT2D eigenvalue weighted by Crippen LogP contribution is 2.25. The summed E-state index contributed by atoms with van der Waals surface area (Å²) < 4.78 is 5.37. The Hall–Kier alpha value is -1.22. The average molecular weight is 328 g/mol. The molecule has 6 N–H and O–H groups in total. The van der Waals surface area contributed by atoms with Gasteiger partial charge in [0.25, 0.3) is 0 Å². The fourth-order valence-electron chi connectivity index (χ4n) is 2.76. The van der Waals surface area contributed by atoms with Crippen LogP contribution in [-0.4, -0.2) is 73.9 Å². The fraction of sp³-hybridized carbons (Fsp3) is 0.625. The van der Waals surface area contributed by atoms with Crippen molar-refractivity contribution >= 4 is 0 Å². The van der Waals surface area contributed by atoms with E-state index in [0.717, 1.165) is 5.56 Å². The van der Waals surface area contributed by atoms with Crippen LogP contribution >= 0.6 is 0 Å². The van der Waals surface area contributed by atoms with Crippen molar-refractivity contribution in [2.45, 2.75) is 55.9 Å². The molecule has 6 atom stereocenters. The summed E-state index contributed by atoms with van der Waals surface area (Å²) in [4.78, 5) is 0. The second kappa shape index (κ2) is 8.05. The Kier molecular flexibility index (Phi) is 6.34. The first-order valence-corrected chi connectivity index (χ1v) is 7.69. The normalized spacial score (nSPS) is 32.7. The molecule has 2 rings (SSSR count). The van der Waals surface area contributed by atoms with Crippen molar-refractivity contribution in [1.82, 2.24) is 0 Å². The zero-order chi connectivity index (χ0) is 17.0. The van der Waals surface area contributed by atoms with Crippen LogP contribution in [0.4, 0.5) is 0 Å². The predicted molar refractivity (Wildman–Crippen MR) is 80.8 cm³/mol. The molecule has 7 nitrogen and oxygen atoms in total. The first kappa shape index (κ1) is 18.1. The summed E-state index contributed by atoms with van der Waals surface area (Å²) in [7, 11) is 0. The van der Waals surface area contributed by atoms with Gasteiger partial charge in [-0.05, 0) is 30.5 Å². The molecule has 1 fully saturated rings. The van der Waals surface area contributed by atoms with Gasteiger partial charge in [-0.3, -0.25) is 0 Å². The zero-order valence-electron chi connectivity index (χ0n) is 12.7. The predicted octanol–water partition coefficient (Wildman–Crippen LogP) is -1.08. The summed E-state index contributed by atoms with van der Waals surface area (Å²) in [6.07, 6.45) is -5.64. The van der Waals surface area contributed by atoms with Crippen molar-refractivity contribution in [3.05, 3.63) is 29.8 Å². The number of aliphatic hydroxyl groups is 5. The molecule has 7 heteroatoms. The van der Waals surface area contributed by atoms with Crippen molar-refractivity contribution in [1.29, 1.82) is 0 Å². The van der Waals surface area contributed by atoms with E-state index in [1.54, 1.807) is 24.3 Å².